The Balaban J connectivity index is 1.70. The zero-order chi connectivity index (χ0) is 16.9. The van der Waals surface area contributed by atoms with Crippen LogP contribution in [0.15, 0.2) is 60.0 Å². The topological polar surface area (TPSA) is 51.2 Å². The minimum Gasteiger partial charge on any atom is -0.435 e. The number of carbonyl (C=O) groups is 1. The van der Waals surface area contributed by atoms with Crippen molar-refractivity contribution >= 4 is 22.4 Å². The number of thiazole rings is 1. The standard InChI is InChI=1S/C17H12F2N2O2S/c18-16(19)23-13-8-6-11(7-9-13)14-10-24-17(20-14)21-15(22)12-4-2-1-3-5-12/h1-10,16H,(H,20,21,22). The van der Waals surface area contributed by atoms with Gasteiger partial charge in [-0.2, -0.15) is 8.78 Å². The summed E-state index contributed by atoms with van der Waals surface area (Å²) in [6.45, 7) is -2.85. The maximum Gasteiger partial charge on any atom is 0.387 e. The van der Waals surface area contributed by atoms with Gasteiger partial charge in [0.2, 0.25) is 0 Å². The Kier molecular flexibility index (Phi) is 4.81. The smallest absolute Gasteiger partial charge is 0.387 e. The van der Waals surface area contributed by atoms with Crippen LogP contribution in [-0.2, 0) is 0 Å². The molecule has 0 aliphatic heterocycles. The molecule has 0 atom stereocenters. The number of rotatable bonds is 5. The number of carbonyl (C=O) groups excluding carboxylic acids is 1. The predicted octanol–water partition coefficient (Wildman–Crippen LogP) is 4.66. The van der Waals surface area contributed by atoms with E-state index in [4.69, 9.17) is 0 Å². The monoisotopic (exact) mass is 346 g/mol. The molecule has 0 aliphatic carbocycles. The number of halogens is 2. The molecule has 1 N–H and O–H groups in total. The quantitative estimate of drug-likeness (QED) is 0.731. The van der Waals surface area contributed by atoms with E-state index < -0.39 is 6.61 Å². The number of nitrogens with zero attached hydrogens (tertiary/aromatic N) is 1. The highest BCUT2D eigenvalue weighted by molar-refractivity contribution is 7.14. The average molecular weight is 346 g/mol. The molecule has 4 nitrogen and oxygen atoms in total. The zero-order valence-corrected chi connectivity index (χ0v) is 13.1. The number of hydrogen-bond donors (Lipinski definition) is 1. The Morgan fingerprint density at radius 2 is 1.79 bits per heavy atom. The Hall–Kier alpha value is -2.80. The largest absolute Gasteiger partial charge is 0.435 e. The van der Waals surface area contributed by atoms with Crippen molar-refractivity contribution in [2.75, 3.05) is 5.32 Å². The molecule has 1 aromatic heterocycles. The van der Waals surface area contributed by atoms with Gasteiger partial charge in [-0.3, -0.25) is 10.1 Å². The van der Waals surface area contributed by atoms with Crippen LogP contribution in [0.2, 0.25) is 0 Å². The molecular formula is C17H12F2N2O2S. The summed E-state index contributed by atoms with van der Waals surface area (Å²) in [6, 6.07) is 15.0. The molecule has 24 heavy (non-hydrogen) atoms. The molecule has 2 aromatic carbocycles. The van der Waals surface area contributed by atoms with Crippen molar-refractivity contribution in [1.29, 1.82) is 0 Å². The van der Waals surface area contributed by atoms with E-state index in [9.17, 15) is 13.6 Å². The molecule has 0 spiro atoms. The van der Waals surface area contributed by atoms with Crippen molar-refractivity contribution in [2.45, 2.75) is 6.61 Å². The van der Waals surface area contributed by atoms with Crippen LogP contribution in [0.3, 0.4) is 0 Å². The van der Waals surface area contributed by atoms with Crippen LogP contribution in [0, 0.1) is 0 Å². The molecule has 3 aromatic rings. The second kappa shape index (κ2) is 7.18. The number of hydrogen-bond acceptors (Lipinski definition) is 4. The first kappa shape index (κ1) is 16.1. The second-order valence-corrected chi connectivity index (χ2v) is 5.62. The van der Waals surface area contributed by atoms with E-state index in [0.29, 0.717) is 16.4 Å². The number of alkyl halides is 2. The highest BCUT2D eigenvalue weighted by Crippen LogP contribution is 2.27. The molecule has 0 saturated carbocycles. The third-order valence-electron chi connectivity index (χ3n) is 3.14. The van der Waals surface area contributed by atoms with Crippen LogP contribution in [0.5, 0.6) is 5.75 Å². The summed E-state index contributed by atoms with van der Waals surface area (Å²) in [4.78, 5) is 16.4. The summed E-state index contributed by atoms with van der Waals surface area (Å²) >= 11 is 1.29. The minimum absolute atomic E-state index is 0.0848. The Morgan fingerprint density at radius 3 is 2.46 bits per heavy atom. The third-order valence-corrected chi connectivity index (χ3v) is 3.89. The molecule has 1 heterocycles. The molecule has 0 saturated heterocycles. The van der Waals surface area contributed by atoms with Gasteiger partial charge < -0.3 is 4.74 Å². The van der Waals surface area contributed by atoms with Gasteiger partial charge in [-0.15, -0.1) is 11.3 Å². The number of ether oxygens (including phenoxy) is 1. The van der Waals surface area contributed by atoms with Crippen LogP contribution in [0.4, 0.5) is 13.9 Å². The van der Waals surface area contributed by atoms with E-state index >= 15 is 0 Å². The maximum absolute atomic E-state index is 12.1. The molecule has 0 aliphatic rings. The fraction of sp³-hybridized carbons (Fsp3) is 0.0588. The van der Waals surface area contributed by atoms with Crippen molar-refractivity contribution in [3.63, 3.8) is 0 Å². The van der Waals surface area contributed by atoms with Crippen LogP contribution in [0.25, 0.3) is 11.3 Å². The summed E-state index contributed by atoms with van der Waals surface area (Å²) in [5.74, 6) is -0.154. The lowest BCUT2D eigenvalue weighted by Gasteiger charge is -2.04. The summed E-state index contributed by atoms with van der Waals surface area (Å²) in [7, 11) is 0. The van der Waals surface area contributed by atoms with Crippen LogP contribution < -0.4 is 10.1 Å². The highest BCUT2D eigenvalue weighted by Gasteiger charge is 2.10. The number of anilines is 1. The van der Waals surface area contributed by atoms with Gasteiger partial charge in [0.15, 0.2) is 5.13 Å². The lowest BCUT2D eigenvalue weighted by molar-refractivity contribution is -0.0498. The van der Waals surface area contributed by atoms with Crippen LogP contribution in [0.1, 0.15) is 10.4 Å². The Morgan fingerprint density at radius 1 is 1.08 bits per heavy atom. The first-order valence-corrected chi connectivity index (χ1v) is 7.87. The van der Waals surface area contributed by atoms with Crippen molar-refractivity contribution in [1.82, 2.24) is 4.98 Å². The summed E-state index contributed by atoms with van der Waals surface area (Å²) in [5, 5.41) is 4.98. The third kappa shape index (κ3) is 3.94. The average Bonchev–Trinajstić information content (AvgIpc) is 3.04. The molecular weight excluding hydrogens is 334 g/mol. The molecule has 0 unspecified atom stereocenters. The van der Waals surface area contributed by atoms with Gasteiger partial charge in [-0.25, -0.2) is 4.98 Å². The van der Waals surface area contributed by atoms with E-state index in [1.165, 1.54) is 23.5 Å². The van der Waals surface area contributed by atoms with Crippen LogP contribution in [-0.4, -0.2) is 17.5 Å². The number of benzene rings is 2. The zero-order valence-electron chi connectivity index (χ0n) is 12.3. The van der Waals surface area contributed by atoms with E-state index in [1.54, 1.807) is 41.8 Å². The number of nitrogens with one attached hydrogen (secondary N) is 1. The van der Waals surface area contributed by atoms with Crippen molar-refractivity contribution < 1.29 is 18.3 Å². The summed E-state index contributed by atoms with van der Waals surface area (Å²) in [6.07, 6.45) is 0. The molecule has 0 bridgehead atoms. The molecule has 0 radical (unpaired) electrons. The van der Waals surface area contributed by atoms with E-state index in [0.717, 1.165) is 5.56 Å². The van der Waals surface area contributed by atoms with Gasteiger partial charge in [0.25, 0.3) is 5.91 Å². The molecule has 1 amide bonds. The van der Waals surface area contributed by atoms with Gasteiger partial charge in [0.1, 0.15) is 5.75 Å². The van der Waals surface area contributed by atoms with E-state index in [-0.39, 0.29) is 11.7 Å². The van der Waals surface area contributed by atoms with Crippen molar-refractivity contribution in [3.8, 4) is 17.0 Å². The lowest BCUT2D eigenvalue weighted by Crippen LogP contribution is -2.11. The Bertz CT molecular complexity index is 820. The fourth-order valence-electron chi connectivity index (χ4n) is 2.03. The first-order valence-electron chi connectivity index (χ1n) is 6.99. The molecule has 0 fully saturated rings. The lowest BCUT2D eigenvalue weighted by atomic mass is 10.2. The molecule has 3 rings (SSSR count). The summed E-state index contributed by atoms with van der Waals surface area (Å²) in [5.41, 5.74) is 1.93. The fourth-order valence-corrected chi connectivity index (χ4v) is 2.74. The molecule has 7 heteroatoms. The van der Waals surface area contributed by atoms with Gasteiger partial charge in [-0.1, -0.05) is 18.2 Å². The minimum atomic E-state index is -2.85. The Labute approximate surface area is 140 Å². The van der Waals surface area contributed by atoms with Gasteiger partial charge >= 0.3 is 6.61 Å². The van der Waals surface area contributed by atoms with Crippen molar-refractivity contribution in [2.24, 2.45) is 0 Å². The highest BCUT2D eigenvalue weighted by atomic mass is 32.1. The number of aromatic nitrogens is 1. The number of amides is 1. The first-order chi connectivity index (χ1) is 11.6. The van der Waals surface area contributed by atoms with Crippen LogP contribution >= 0.6 is 11.3 Å². The summed E-state index contributed by atoms with van der Waals surface area (Å²) < 4.78 is 28.6. The SMILES string of the molecule is O=C(Nc1nc(-c2ccc(OC(F)F)cc2)cs1)c1ccccc1. The maximum atomic E-state index is 12.1. The normalized spacial score (nSPS) is 10.6. The van der Waals surface area contributed by atoms with Gasteiger partial charge in [0.05, 0.1) is 5.69 Å². The predicted molar refractivity (Wildman–Crippen MR) is 88.6 cm³/mol. The van der Waals surface area contributed by atoms with Gasteiger partial charge in [0, 0.05) is 16.5 Å². The molecule has 122 valence electrons. The van der Waals surface area contributed by atoms with E-state index in [2.05, 4.69) is 15.0 Å². The van der Waals surface area contributed by atoms with Gasteiger partial charge in [-0.05, 0) is 36.4 Å². The second-order valence-electron chi connectivity index (χ2n) is 4.76. The van der Waals surface area contributed by atoms with Crippen molar-refractivity contribution in [3.05, 3.63) is 65.5 Å². The van der Waals surface area contributed by atoms with E-state index in [1.807, 2.05) is 6.07 Å².